The van der Waals surface area contributed by atoms with Crippen LogP contribution in [0.3, 0.4) is 0 Å². The molecule has 18 heavy (non-hydrogen) atoms. The van der Waals surface area contributed by atoms with E-state index < -0.39 is 0 Å². The van der Waals surface area contributed by atoms with Gasteiger partial charge in [0.15, 0.2) is 0 Å². The van der Waals surface area contributed by atoms with Crippen LogP contribution in [0.1, 0.15) is 45.4 Å². The first-order valence-corrected chi connectivity index (χ1v) is 8.03. The summed E-state index contributed by atoms with van der Waals surface area (Å²) in [6, 6.07) is 0.823. The summed E-state index contributed by atoms with van der Waals surface area (Å²) in [5.74, 6) is 0. The Labute approximate surface area is 113 Å². The van der Waals surface area contributed by atoms with E-state index in [0.717, 1.165) is 6.04 Å². The molecule has 2 fully saturated rings. The van der Waals surface area contributed by atoms with E-state index in [-0.39, 0.29) is 0 Å². The van der Waals surface area contributed by atoms with Gasteiger partial charge < -0.3 is 15.1 Å². The molecule has 0 radical (unpaired) electrons. The quantitative estimate of drug-likeness (QED) is 0.700. The predicted octanol–water partition coefficient (Wildman–Crippen LogP) is 1.94. The molecule has 2 heterocycles. The summed E-state index contributed by atoms with van der Waals surface area (Å²) in [6.07, 6.45) is 8.38. The number of rotatable bonds is 7. The van der Waals surface area contributed by atoms with Crippen molar-refractivity contribution >= 4 is 0 Å². The summed E-state index contributed by atoms with van der Waals surface area (Å²) >= 11 is 0. The fourth-order valence-electron chi connectivity index (χ4n) is 3.27. The first-order valence-electron chi connectivity index (χ1n) is 8.03. The highest BCUT2D eigenvalue weighted by Gasteiger charge is 2.17. The number of nitrogens with zero attached hydrogens (tertiary/aromatic N) is 2. The minimum absolute atomic E-state index is 0.823. The van der Waals surface area contributed by atoms with Crippen LogP contribution in [-0.2, 0) is 0 Å². The maximum Gasteiger partial charge on any atom is 0.0107 e. The van der Waals surface area contributed by atoms with Crippen LogP contribution in [0.4, 0.5) is 0 Å². The second-order valence-electron chi connectivity index (χ2n) is 6.03. The molecule has 3 nitrogen and oxygen atoms in total. The molecule has 1 unspecified atom stereocenters. The summed E-state index contributed by atoms with van der Waals surface area (Å²) in [5, 5.41) is 3.60. The fourth-order valence-corrected chi connectivity index (χ4v) is 3.27. The van der Waals surface area contributed by atoms with Gasteiger partial charge >= 0.3 is 0 Å². The van der Waals surface area contributed by atoms with Crippen LogP contribution < -0.4 is 5.32 Å². The molecule has 0 saturated carbocycles. The summed E-state index contributed by atoms with van der Waals surface area (Å²) in [6.45, 7) is 11.3. The molecule has 2 rings (SSSR count). The van der Waals surface area contributed by atoms with Crippen LogP contribution in [-0.4, -0.2) is 61.7 Å². The molecule has 0 aromatic rings. The monoisotopic (exact) mass is 253 g/mol. The number of likely N-dealkylation sites (tertiary alicyclic amines) is 2. The Hall–Kier alpha value is -0.120. The average Bonchev–Trinajstić information content (AvgIpc) is 2.89. The summed E-state index contributed by atoms with van der Waals surface area (Å²) < 4.78 is 0. The zero-order valence-corrected chi connectivity index (χ0v) is 12.2. The first kappa shape index (κ1) is 14.3. The van der Waals surface area contributed by atoms with Crippen LogP contribution >= 0.6 is 0 Å². The molecular formula is C15H31N3. The van der Waals surface area contributed by atoms with E-state index in [1.165, 1.54) is 84.3 Å². The molecule has 0 bridgehead atoms. The lowest BCUT2D eigenvalue weighted by Gasteiger charge is -2.33. The van der Waals surface area contributed by atoms with Gasteiger partial charge in [0.1, 0.15) is 0 Å². The van der Waals surface area contributed by atoms with Crippen molar-refractivity contribution in [2.45, 2.75) is 51.5 Å². The standard InChI is InChI=1S/C15H31N3/c1-15-7-2-3-12-18(15)13-6-8-16-9-14-17-10-4-5-11-17/h15-16H,2-14H2,1H3. The van der Waals surface area contributed by atoms with Crippen molar-refractivity contribution in [2.24, 2.45) is 0 Å². The van der Waals surface area contributed by atoms with Crippen molar-refractivity contribution in [1.82, 2.24) is 15.1 Å². The van der Waals surface area contributed by atoms with E-state index in [4.69, 9.17) is 0 Å². The van der Waals surface area contributed by atoms with Gasteiger partial charge in [-0.15, -0.1) is 0 Å². The average molecular weight is 253 g/mol. The van der Waals surface area contributed by atoms with Crippen molar-refractivity contribution < 1.29 is 0 Å². The molecule has 2 aliphatic heterocycles. The van der Waals surface area contributed by atoms with E-state index in [1.54, 1.807) is 0 Å². The van der Waals surface area contributed by atoms with Gasteiger partial charge in [0.05, 0.1) is 0 Å². The Bertz CT molecular complexity index is 214. The Morgan fingerprint density at radius 3 is 2.50 bits per heavy atom. The Kier molecular flexibility index (Phi) is 6.46. The van der Waals surface area contributed by atoms with Gasteiger partial charge in [-0.3, -0.25) is 0 Å². The third-order valence-electron chi connectivity index (χ3n) is 4.54. The predicted molar refractivity (Wildman–Crippen MR) is 78.0 cm³/mol. The van der Waals surface area contributed by atoms with Gasteiger partial charge in [-0.25, -0.2) is 0 Å². The van der Waals surface area contributed by atoms with Gasteiger partial charge in [-0.2, -0.15) is 0 Å². The molecule has 106 valence electrons. The number of nitrogens with one attached hydrogen (secondary N) is 1. The number of piperidine rings is 1. The molecule has 0 spiro atoms. The van der Waals surface area contributed by atoms with Gasteiger partial charge in [0.25, 0.3) is 0 Å². The van der Waals surface area contributed by atoms with Crippen molar-refractivity contribution in [2.75, 3.05) is 45.8 Å². The molecule has 2 saturated heterocycles. The molecule has 0 aromatic carbocycles. The summed E-state index contributed by atoms with van der Waals surface area (Å²) in [4.78, 5) is 5.26. The maximum absolute atomic E-state index is 3.60. The molecule has 1 N–H and O–H groups in total. The minimum Gasteiger partial charge on any atom is -0.315 e. The summed E-state index contributed by atoms with van der Waals surface area (Å²) in [7, 11) is 0. The smallest absolute Gasteiger partial charge is 0.0107 e. The van der Waals surface area contributed by atoms with E-state index >= 15 is 0 Å². The molecule has 0 aliphatic carbocycles. The van der Waals surface area contributed by atoms with E-state index in [2.05, 4.69) is 22.0 Å². The van der Waals surface area contributed by atoms with Crippen molar-refractivity contribution in [3.05, 3.63) is 0 Å². The van der Waals surface area contributed by atoms with Crippen LogP contribution in [0.2, 0.25) is 0 Å². The Morgan fingerprint density at radius 2 is 1.72 bits per heavy atom. The van der Waals surface area contributed by atoms with E-state index in [1.807, 2.05) is 0 Å². The summed E-state index contributed by atoms with van der Waals surface area (Å²) in [5.41, 5.74) is 0. The lowest BCUT2D eigenvalue weighted by Crippen LogP contribution is -2.39. The molecular weight excluding hydrogens is 222 g/mol. The normalized spacial score (nSPS) is 26.8. The number of hydrogen-bond acceptors (Lipinski definition) is 3. The molecule has 2 aliphatic rings. The van der Waals surface area contributed by atoms with E-state index in [9.17, 15) is 0 Å². The highest BCUT2D eigenvalue weighted by molar-refractivity contribution is 4.73. The lowest BCUT2D eigenvalue weighted by molar-refractivity contribution is 0.158. The number of hydrogen-bond donors (Lipinski definition) is 1. The first-order chi connectivity index (χ1) is 8.86. The Morgan fingerprint density at radius 1 is 0.944 bits per heavy atom. The van der Waals surface area contributed by atoms with Crippen LogP contribution in [0.25, 0.3) is 0 Å². The second kappa shape index (κ2) is 8.13. The molecule has 0 amide bonds. The maximum atomic E-state index is 3.60. The zero-order chi connectivity index (χ0) is 12.6. The highest BCUT2D eigenvalue weighted by Crippen LogP contribution is 2.15. The van der Waals surface area contributed by atoms with Crippen molar-refractivity contribution in [3.8, 4) is 0 Å². The van der Waals surface area contributed by atoms with E-state index in [0.29, 0.717) is 0 Å². The highest BCUT2D eigenvalue weighted by atomic mass is 15.2. The molecule has 1 atom stereocenters. The third kappa shape index (κ3) is 4.87. The topological polar surface area (TPSA) is 18.5 Å². The van der Waals surface area contributed by atoms with Crippen LogP contribution in [0, 0.1) is 0 Å². The van der Waals surface area contributed by atoms with Gasteiger partial charge in [-0.05, 0) is 71.8 Å². The molecule has 3 heteroatoms. The zero-order valence-electron chi connectivity index (χ0n) is 12.2. The second-order valence-corrected chi connectivity index (χ2v) is 6.03. The van der Waals surface area contributed by atoms with Gasteiger partial charge in [0.2, 0.25) is 0 Å². The SMILES string of the molecule is CC1CCCCN1CCCNCCN1CCCC1. The Balaban J connectivity index is 1.43. The van der Waals surface area contributed by atoms with Gasteiger partial charge in [-0.1, -0.05) is 6.42 Å². The lowest BCUT2D eigenvalue weighted by atomic mass is 10.0. The van der Waals surface area contributed by atoms with Crippen LogP contribution in [0.15, 0.2) is 0 Å². The third-order valence-corrected chi connectivity index (χ3v) is 4.54. The molecule has 0 aromatic heterocycles. The fraction of sp³-hybridized carbons (Fsp3) is 1.00. The van der Waals surface area contributed by atoms with Gasteiger partial charge in [0, 0.05) is 19.1 Å². The minimum atomic E-state index is 0.823. The van der Waals surface area contributed by atoms with Crippen molar-refractivity contribution in [3.63, 3.8) is 0 Å². The van der Waals surface area contributed by atoms with Crippen LogP contribution in [0.5, 0.6) is 0 Å². The largest absolute Gasteiger partial charge is 0.315 e. The van der Waals surface area contributed by atoms with Crippen molar-refractivity contribution in [1.29, 1.82) is 0 Å².